The molecule has 0 fully saturated rings. The van der Waals surface area contributed by atoms with Crippen molar-refractivity contribution in [1.29, 1.82) is 0 Å². The number of aromatic nitrogens is 3. The van der Waals surface area contributed by atoms with Crippen LogP contribution in [0.4, 0.5) is 5.69 Å². The Morgan fingerprint density at radius 2 is 2.32 bits per heavy atom. The van der Waals surface area contributed by atoms with E-state index in [1.807, 2.05) is 0 Å². The molecule has 1 heterocycles. The molecule has 0 aliphatic rings. The highest BCUT2D eigenvalue weighted by atomic mass is 35.5. The molecule has 0 spiro atoms. The highest BCUT2D eigenvalue weighted by Gasteiger charge is 2.09. The zero-order valence-electron chi connectivity index (χ0n) is 10.2. The van der Waals surface area contributed by atoms with Gasteiger partial charge in [-0.05, 0) is 24.6 Å². The number of benzene rings is 1. The van der Waals surface area contributed by atoms with E-state index >= 15 is 0 Å². The van der Waals surface area contributed by atoms with E-state index in [1.54, 1.807) is 18.2 Å². The molecular weight excluding hydrogens is 266 g/mol. The smallest absolute Gasteiger partial charge is 0.253 e. The number of nitrogens with zero attached hydrogens (tertiary/aromatic N) is 2. The highest BCUT2D eigenvalue weighted by Crippen LogP contribution is 2.17. The number of hydrogen-bond acceptors (Lipinski definition) is 4. The number of rotatable bonds is 5. The summed E-state index contributed by atoms with van der Waals surface area (Å²) in [5.41, 5.74) is 6.54. The van der Waals surface area contributed by atoms with Gasteiger partial charge in [0.2, 0.25) is 0 Å². The fourth-order valence-corrected chi connectivity index (χ4v) is 1.83. The van der Waals surface area contributed by atoms with Crippen LogP contribution in [0.3, 0.4) is 0 Å². The summed E-state index contributed by atoms with van der Waals surface area (Å²) >= 11 is 5.78. The maximum atomic E-state index is 11.9. The summed E-state index contributed by atoms with van der Waals surface area (Å²) in [5, 5.41) is 9.83. The van der Waals surface area contributed by atoms with Gasteiger partial charge in [0.25, 0.3) is 5.91 Å². The third-order valence-corrected chi connectivity index (χ3v) is 2.83. The Balaban J connectivity index is 1.81. The molecule has 0 bridgehead atoms. The van der Waals surface area contributed by atoms with Crippen molar-refractivity contribution in [3.63, 3.8) is 0 Å². The van der Waals surface area contributed by atoms with Crippen molar-refractivity contribution in [2.45, 2.75) is 12.8 Å². The lowest BCUT2D eigenvalue weighted by Gasteiger charge is -2.07. The van der Waals surface area contributed by atoms with E-state index in [0.717, 1.165) is 18.7 Å². The minimum absolute atomic E-state index is 0.202. The second-order valence-corrected chi connectivity index (χ2v) is 4.46. The maximum Gasteiger partial charge on any atom is 0.253 e. The number of aryl methyl sites for hydroxylation is 1. The predicted octanol–water partition coefficient (Wildman–Crippen LogP) is 1.40. The van der Waals surface area contributed by atoms with Gasteiger partial charge in [-0.2, -0.15) is 5.10 Å². The summed E-state index contributed by atoms with van der Waals surface area (Å²) in [6.45, 7) is 0.543. The van der Waals surface area contributed by atoms with E-state index in [0.29, 0.717) is 22.8 Å². The lowest BCUT2D eigenvalue weighted by Crippen LogP contribution is -2.25. The van der Waals surface area contributed by atoms with Crippen LogP contribution in [-0.4, -0.2) is 27.6 Å². The summed E-state index contributed by atoms with van der Waals surface area (Å²) in [7, 11) is 0. The number of nitrogens with two attached hydrogens (primary N) is 1. The highest BCUT2D eigenvalue weighted by molar-refractivity contribution is 6.31. The first-order chi connectivity index (χ1) is 9.16. The Bertz CT molecular complexity index is 555. The van der Waals surface area contributed by atoms with E-state index < -0.39 is 0 Å². The number of carbonyl (C=O) groups is 1. The Labute approximate surface area is 115 Å². The lowest BCUT2D eigenvalue weighted by molar-refractivity contribution is 0.0954. The number of halogens is 1. The van der Waals surface area contributed by atoms with Gasteiger partial charge in [0.15, 0.2) is 0 Å². The molecule has 4 N–H and O–H groups in total. The van der Waals surface area contributed by atoms with E-state index in [1.165, 1.54) is 6.33 Å². The number of amides is 1. The minimum Gasteiger partial charge on any atom is -0.398 e. The molecule has 0 atom stereocenters. The van der Waals surface area contributed by atoms with Crippen LogP contribution in [0.2, 0.25) is 5.02 Å². The first kappa shape index (κ1) is 13.4. The first-order valence-corrected chi connectivity index (χ1v) is 6.22. The fourth-order valence-electron chi connectivity index (χ4n) is 1.64. The maximum absolute atomic E-state index is 11.9. The number of nitrogens with one attached hydrogen (secondary N) is 2. The zero-order valence-corrected chi connectivity index (χ0v) is 10.9. The number of H-pyrrole nitrogens is 1. The van der Waals surface area contributed by atoms with Crippen molar-refractivity contribution in [3.8, 4) is 0 Å². The number of carbonyl (C=O) groups excluding carboxylic acids is 1. The molecular formula is C12H14ClN5O. The van der Waals surface area contributed by atoms with E-state index in [-0.39, 0.29) is 5.91 Å². The van der Waals surface area contributed by atoms with Gasteiger partial charge in [-0.3, -0.25) is 9.89 Å². The summed E-state index contributed by atoms with van der Waals surface area (Å²) in [6.07, 6.45) is 2.97. The van der Waals surface area contributed by atoms with Crippen LogP contribution in [0.25, 0.3) is 0 Å². The van der Waals surface area contributed by atoms with Crippen LogP contribution in [0.5, 0.6) is 0 Å². The van der Waals surface area contributed by atoms with Crippen molar-refractivity contribution in [2.24, 2.45) is 0 Å². The Morgan fingerprint density at radius 1 is 1.47 bits per heavy atom. The average Bonchev–Trinajstić information content (AvgIpc) is 2.87. The molecule has 100 valence electrons. The van der Waals surface area contributed by atoms with Crippen LogP contribution in [0.15, 0.2) is 24.5 Å². The average molecular weight is 280 g/mol. The van der Waals surface area contributed by atoms with Gasteiger partial charge >= 0.3 is 0 Å². The van der Waals surface area contributed by atoms with Gasteiger partial charge in [0.05, 0.1) is 5.56 Å². The Morgan fingerprint density at radius 3 is 3.00 bits per heavy atom. The predicted molar refractivity (Wildman–Crippen MR) is 72.9 cm³/mol. The molecule has 0 radical (unpaired) electrons. The van der Waals surface area contributed by atoms with Gasteiger partial charge < -0.3 is 11.1 Å². The van der Waals surface area contributed by atoms with E-state index in [9.17, 15) is 4.79 Å². The van der Waals surface area contributed by atoms with Crippen LogP contribution in [0.1, 0.15) is 22.6 Å². The molecule has 6 nitrogen and oxygen atoms in total. The third-order valence-electron chi connectivity index (χ3n) is 2.60. The number of anilines is 1. The minimum atomic E-state index is -0.202. The van der Waals surface area contributed by atoms with Gasteiger partial charge in [-0.1, -0.05) is 11.6 Å². The summed E-state index contributed by atoms with van der Waals surface area (Å²) in [5.74, 6) is 0.604. The molecule has 0 aliphatic carbocycles. The van der Waals surface area contributed by atoms with Crippen molar-refractivity contribution in [3.05, 3.63) is 40.9 Å². The standard InChI is InChI=1S/C12H14ClN5O/c13-8-3-4-9(10(14)6-8)12(19)15-5-1-2-11-16-7-17-18-11/h3-4,6-7H,1-2,5,14H2,(H,15,19)(H,16,17,18). The second-order valence-electron chi connectivity index (χ2n) is 4.02. The fraction of sp³-hybridized carbons (Fsp3) is 0.250. The molecule has 0 unspecified atom stereocenters. The normalized spacial score (nSPS) is 10.4. The van der Waals surface area contributed by atoms with E-state index in [2.05, 4.69) is 20.5 Å². The van der Waals surface area contributed by atoms with Crippen molar-refractivity contribution < 1.29 is 4.79 Å². The molecule has 19 heavy (non-hydrogen) atoms. The first-order valence-electron chi connectivity index (χ1n) is 5.84. The number of aromatic amines is 1. The molecule has 1 aromatic heterocycles. The topological polar surface area (TPSA) is 96.7 Å². The van der Waals surface area contributed by atoms with Crippen LogP contribution in [0, 0.1) is 0 Å². The third kappa shape index (κ3) is 3.69. The molecule has 2 rings (SSSR count). The molecule has 0 aliphatic heterocycles. The number of nitrogen functional groups attached to an aromatic ring is 1. The van der Waals surface area contributed by atoms with Gasteiger partial charge in [0, 0.05) is 23.7 Å². The van der Waals surface area contributed by atoms with Crippen molar-refractivity contribution in [1.82, 2.24) is 20.5 Å². The quantitative estimate of drug-likeness (QED) is 0.569. The van der Waals surface area contributed by atoms with Crippen molar-refractivity contribution in [2.75, 3.05) is 12.3 Å². The molecule has 7 heteroatoms. The summed E-state index contributed by atoms with van der Waals surface area (Å²) in [6, 6.07) is 4.82. The van der Waals surface area contributed by atoms with E-state index in [4.69, 9.17) is 17.3 Å². The SMILES string of the molecule is Nc1cc(Cl)ccc1C(=O)NCCCc1ncn[nH]1. The van der Waals surface area contributed by atoms with Gasteiger partial charge in [-0.15, -0.1) is 0 Å². The van der Waals surface area contributed by atoms with Gasteiger partial charge in [-0.25, -0.2) is 4.98 Å². The molecule has 1 aromatic carbocycles. The monoisotopic (exact) mass is 279 g/mol. The molecule has 2 aromatic rings. The largest absolute Gasteiger partial charge is 0.398 e. The van der Waals surface area contributed by atoms with Crippen LogP contribution in [-0.2, 0) is 6.42 Å². The molecule has 1 amide bonds. The number of hydrogen-bond donors (Lipinski definition) is 3. The Hall–Kier alpha value is -2.08. The molecule has 0 saturated carbocycles. The van der Waals surface area contributed by atoms with Crippen LogP contribution >= 0.6 is 11.6 Å². The van der Waals surface area contributed by atoms with Gasteiger partial charge in [0.1, 0.15) is 12.2 Å². The van der Waals surface area contributed by atoms with Crippen molar-refractivity contribution >= 4 is 23.2 Å². The Kier molecular flexibility index (Phi) is 4.35. The zero-order chi connectivity index (χ0) is 13.7. The second kappa shape index (κ2) is 6.19. The molecule has 0 saturated heterocycles. The summed E-state index contributed by atoms with van der Waals surface area (Å²) < 4.78 is 0. The van der Waals surface area contributed by atoms with Crippen LogP contribution < -0.4 is 11.1 Å². The lowest BCUT2D eigenvalue weighted by atomic mass is 10.1. The summed E-state index contributed by atoms with van der Waals surface area (Å²) in [4.78, 5) is 15.9.